The third-order valence-electron chi connectivity index (χ3n) is 2.43. The van der Waals surface area contributed by atoms with Crippen molar-refractivity contribution in [3.8, 4) is 17.4 Å². The van der Waals surface area contributed by atoms with E-state index in [9.17, 15) is 0 Å². The number of rotatable bonds is 4. The molecule has 98 valence electrons. The zero-order chi connectivity index (χ0) is 13.7. The van der Waals surface area contributed by atoms with Crippen LogP contribution in [0.15, 0.2) is 47.8 Å². The van der Waals surface area contributed by atoms with E-state index in [-0.39, 0.29) is 11.7 Å². The van der Waals surface area contributed by atoms with Crippen molar-refractivity contribution in [2.24, 2.45) is 10.9 Å². The second kappa shape index (κ2) is 5.72. The van der Waals surface area contributed by atoms with Crippen molar-refractivity contribution < 1.29 is 14.7 Å². The number of oxime groups is 1. The van der Waals surface area contributed by atoms with Crippen LogP contribution in [0.4, 0.5) is 0 Å². The molecule has 19 heavy (non-hydrogen) atoms. The minimum absolute atomic E-state index is 0.0587. The quantitative estimate of drug-likeness (QED) is 0.379. The summed E-state index contributed by atoms with van der Waals surface area (Å²) in [6, 6.07) is 10.3. The van der Waals surface area contributed by atoms with E-state index >= 15 is 0 Å². The molecule has 0 fully saturated rings. The van der Waals surface area contributed by atoms with Gasteiger partial charge in [-0.25, -0.2) is 4.98 Å². The highest BCUT2D eigenvalue weighted by molar-refractivity contribution is 5.99. The normalized spacial score (nSPS) is 11.1. The van der Waals surface area contributed by atoms with Crippen molar-refractivity contribution in [1.82, 2.24) is 4.98 Å². The molecule has 0 aliphatic rings. The lowest BCUT2D eigenvalue weighted by molar-refractivity contribution is 0.318. The van der Waals surface area contributed by atoms with Crippen LogP contribution in [-0.4, -0.2) is 23.1 Å². The number of hydrogen-bond donors (Lipinski definition) is 2. The summed E-state index contributed by atoms with van der Waals surface area (Å²) in [6.45, 7) is 0. The Morgan fingerprint density at radius 3 is 2.53 bits per heavy atom. The Morgan fingerprint density at radius 1 is 1.21 bits per heavy atom. The summed E-state index contributed by atoms with van der Waals surface area (Å²) in [6.07, 6.45) is 1.56. The van der Waals surface area contributed by atoms with Crippen LogP contribution in [0, 0.1) is 0 Å². The average molecular weight is 259 g/mol. The maximum atomic E-state index is 8.71. The Kier molecular flexibility index (Phi) is 3.82. The molecular weight excluding hydrogens is 246 g/mol. The van der Waals surface area contributed by atoms with Crippen LogP contribution in [0.5, 0.6) is 17.4 Å². The summed E-state index contributed by atoms with van der Waals surface area (Å²) < 4.78 is 10.6. The fourth-order valence-corrected chi connectivity index (χ4v) is 1.48. The summed E-state index contributed by atoms with van der Waals surface area (Å²) in [4.78, 5) is 4.06. The van der Waals surface area contributed by atoms with Crippen molar-refractivity contribution in [3.05, 3.63) is 48.2 Å². The van der Waals surface area contributed by atoms with Crippen LogP contribution in [0.3, 0.4) is 0 Å². The minimum Gasteiger partial charge on any atom is -0.497 e. The topological polar surface area (TPSA) is 90.0 Å². The molecule has 1 aromatic carbocycles. The van der Waals surface area contributed by atoms with Crippen molar-refractivity contribution in [1.29, 1.82) is 0 Å². The van der Waals surface area contributed by atoms with Crippen molar-refractivity contribution in [2.45, 2.75) is 0 Å². The van der Waals surface area contributed by atoms with Crippen LogP contribution >= 0.6 is 0 Å². The van der Waals surface area contributed by atoms with Crippen LogP contribution in [0.1, 0.15) is 5.56 Å². The summed E-state index contributed by atoms with van der Waals surface area (Å²) >= 11 is 0. The van der Waals surface area contributed by atoms with Gasteiger partial charge >= 0.3 is 0 Å². The molecule has 2 rings (SSSR count). The summed E-state index contributed by atoms with van der Waals surface area (Å²) in [5, 5.41) is 11.7. The predicted octanol–water partition coefficient (Wildman–Crippen LogP) is 1.98. The Balaban J connectivity index is 2.27. The number of nitrogens with two attached hydrogens (primary N) is 1. The first kappa shape index (κ1) is 12.7. The van der Waals surface area contributed by atoms with Gasteiger partial charge in [-0.1, -0.05) is 5.16 Å². The van der Waals surface area contributed by atoms with Gasteiger partial charge in [-0.05, 0) is 36.4 Å². The number of hydrogen-bond acceptors (Lipinski definition) is 5. The van der Waals surface area contributed by atoms with Crippen molar-refractivity contribution in [3.63, 3.8) is 0 Å². The lowest BCUT2D eigenvalue weighted by atomic mass is 10.2. The first-order valence-electron chi connectivity index (χ1n) is 5.49. The maximum Gasteiger partial charge on any atom is 0.230 e. The number of nitrogens with zero attached hydrogens (tertiary/aromatic N) is 2. The Labute approximate surface area is 110 Å². The molecule has 0 saturated carbocycles. The Bertz CT molecular complexity index is 582. The number of benzene rings is 1. The highest BCUT2D eigenvalue weighted by Crippen LogP contribution is 2.24. The van der Waals surface area contributed by atoms with Crippen molar-refractivity contribution >= 4 is 5.84 Å². The fourth-order valence-electron chi connectivity index (χ4n) is 1.48. The molecule has 2 aromatic rings. The Morgan fingerprint density at radius 2 is 1.89 bits per heavy atom. The van der Waals surface area contributed by atoms with Gasteiger partial charge in [0, 0.05) is 6.20 Å². The molecule has 0 atom stereocenters. The molecule has 1 aromatic heterocycles. The van der Waals surface area contributed by atoms with Gasteiger partial charge in [-0.2, -0.15) is 0 Å². The molecule has 0 radical (unpaired) electrons. The predicted molar refractivity (Wildman–Crippen MR) is 69.8 cm³/mol. The second-order valence-electron chi connectivity index (χ2n) is 3.62. The fraction of sp³-hybridized carbons (Fsp3) is 0.0769. The highest BCUT2D eigenvalue weighted by Gasteiger charge is 2.10. The molecule has 0 spiro atoms. The van der Waals surface area contributed by atoms with Gasteiger partial charge in [0.2, 0.25) is 5.88 Å². The van der Waals surface area contributed by atoms with Gasteiger partial charge in [0.05, 0.1) is 12.7 Å². The molecule has 0 bridgehead atoms. The second-order valence-corrected chi connectivity index (χ2v) is 3.62. The maximum absolute atomic E-state index is 8.71. The minimum atomic E-state index is -0.0587. The average Bonchev–Trinajstić information content (AvgIpc) is 2.48. The third kappa shape index (κ3) is 2.92. The SMILES string of the molecule is COc1ccc(Oc2ncccc2/C(N)=N/O)cc1. The van der Waals surface area contributed by atoms with Gasteiger partial charge in [-0.15, -0.1) is 0 Å². The molecule has 0 amide bonds. The number of ether oxygens (including phenoxy) is 2. The van der Waals surface area contributed by atoms with E-state index in [4.69, 9.17) is 20.4 Å². The van der Waals surface area contributed by atoms with Gasteiger partial charge in [0.15, 0.2) is 5.84 Å². The van der Waals surface area contributed by atoms with Crippen LogP contribution in [0.25, 0.3) is 0 Å². The van der Waals surface area contributed by atoms with Gasteiger partial charge in [0.1, 0.15) is 11.5 Å². The zero-order valence-electron chi connectivity index (χ0n) is 10.3. The third-order valence-corrected chi connectivity index (χ3v) is 2.43. The number of aromatic nitrogens is 1. The van der Waals surface area contributed by atoms with Crippen LogP contribution < -0.4 is 15.2 Å². The number of amidine groups is 1. The molecule has 0 aliphatic heterocycles. The first-order valence-corrected chi connectivity index (χ1v) is 5.49. The lowest BCUT2D eigenvalue weighted by Gasteiger charge is -2.09. The van der Waals surface area contributed by atoms with Crippen LogP contribution in [0.2, 0.25) is 0 Å². The van der Waals surface area contributed by atoms with E-state index in [1.165, 1.54) is 0 Å². The molecule has 0 saturated heterocycles. The van der Waals surface area contributed by atoms with E-state index in [0.29, 0.717) is 11.3 Å². The van der Waals surface area contributed by atoms with Gasteiger partial charge in [0.25, 0.3) is 0 Å². The summed E-state index contributed by atoms with van der Waals surface area (Å²) in [7, 11) is 1.59. The molecule has 0 unspecified atom stereocenters. The van der Waals surface area contributed by atoms with E-state index in [0.717, 1.165) is 5.75 Å². The monoisotopic (exact) mass is 259 g/mol. The summed E-state index contributed by atoms with van der Waals surface area (Å²) in [5.74, 6) is 1.51. The molecule has 1 heterocycles. The van der Waals surface area contributed by atoms with Crippen LogP contribution in [-0.2, 0) is 0 Å². The van der Waals surface area contributed by atoms with E-state index in [2.05, 4.69) is 10.1 Å². The smallest absolute Gasteiger partial charge is 0.230 e. The number of methoxy groups -OCH3 is 1. The Hall–Kier alpha value is -2.76. The molecule has 0 aliphatic carbocycles. The van der Waals surface area contributed by atoms with E-state index in [1.807, 2.05) is 0 Å². The highest BCUT2D eigenvalue weighted by atomic mass is 16.5. The molecule has 6 nitrogen and oxygen atoms in total. The lowest BCUT2D eigenvalue weighted by Crippen LogP contribution is -2.14. The first-order chi connectivity index (χ1) is 9.24. The largest absolute Gasteiger partial charge is 0.497 e. The van der Waals surface area contributed by atoms with Gasteiger partial charge < -0.3 is 20.4 Å². The zero-order valence-corrected chi connectivity index (χ0v) is 10.3. The van der Waals surface area contributed by atoms with Gasteiger partial charge in [-0.3, -0.25) is 0 Å². The molecular formula is C13H13N3O3. The standard InChI is InChI=1S/C13H13N3O3/c1-18-9-4-6-10(7-5-9)19-13-11(12(14)16-17)3-2-8-15-13/h2-8,17H,1H3,(H2,14,16). The molecule has 3 N–H and O–H groups in total. The van der Waals surface area contributed by atoms with E-state index in [1.54, 1.807) is 49.7 Å². The number of pyridine rings is 1. The molecule has 6 heteroatoms. The summed E-state index contributed by atoms with van der Waals surface area (Å²) in [5.41, 5.74) is 5.97. The van der Waals surface area contributed by atoms with E-state index < -0.39 is 0 Å². The van der Waals surface area contributed by atoms with Crippen molar-refractivity contribution in [2.75, 3.05) is 7.11 Å².